The van der Waals surface area contributed by atoms with Gasteiger partial charge in [-0.05, 0) is 37.1 Å². The number of amides is 3. The minimum Gasteiger partial charge on any atom is -0.394 e. The van der Waals surface area contributed by atoms with Crippen LogP contribution in [0.1, 0.15) is 35.8 Å². The molecular formula is C26H28ClFN6O5. The highest BCUT2D eigenvalue weighted by atomic mass is 35.5. The molecule has 4 rings (SSSR count). The first-order valence-corrected chi connectivity index (χ1v) is 12.6. The highest BCUT2D eigenvalue weighted by molar-refractivity contribution is 6.30. The summed E-state index contributed by atoms with van der Waals surface area (Å²) in [7, 11) is 0. The van der Waals surface area contributed by atoms with Gasteiger partial charge in [0.1, 0.15) is 24.1 Å². The Balaban J connectivity index is 1.48. The van der Waals surface area contributed by atoms with Crippen molar-refractivity contribution in [1.29, 1.82) is 0 Å². The highest BCUT2D eigenvalue weighted by Gasteiger charge is 2.34. The smallest absolute Gasteiger partial charge is 0.245 e. The van der Waals surface area contributed by atoms with Gasteiger partial charge in [0, 0.05) is 36.1 Å². The molecule has 11 nitrogen and oxygen atoms in total. The van der Waals surface area contributed by atoms with Crippen LogP contribution in [-0.4, -0.2) is 68.5 Å². The maximum Gasteiger partial charge on any atom is 0.245 e. The number of ketones is 1. The average molecular weight is 559 g/mol. The Morgan fingerprint density at radius 3 is 2.67 bits per heavy atom. The molecule has 1 aliphatic rings. The fourth-order valence-corrected chi connectivity index (χ4v) is 4.27. The number of aromatic nitrogens is 2. The summed E-state index contributed by atoms with van der Waals surface area (Å²) in [6.07, 6.45) is 1.50. The largest absolute Gasteiger partial charge is 0.394 e. The molecule has 0 radical (unpaired) electrons. The molecular weight excluding hydrogens is 531 g/mol. The van der Waals surface area contributed by atoms with Crippen LogP contribution in [0, 0.1) is 5.82 Å². The minimum absolute atomic E-state index is 0.0452. The van der Waals surface area contributed by atoms with Crippen LogP contribution in [0.3, 0.4) is 0 Å². The Kier molecular flexibility index (Phi) is 8.58. The van der Waals surface area contributed by atoms with Crippen LogP contribution < -0.4 is 16.4 Å². The number of carbonyl (C=O) groups is 4. The van der Waals surface area contributed by atoms with Gasteiger partial charge >= 0.3 is 0 Å². The lowest BCUT2D eigenvalue weighted by molar-refractivity contribution is -0.137. The molecule has 0 bridgehead atoms. The first-order chi connectivity index (χ1) is 18.6. The standard InChI is InChI=1S/C26H28ClFN6O5/c1-14(36)25-18-9-16(31-26(39)20(29)13-35)5-8-21(18)34(32-25)12-23(38)33(17-6-7-17)11-22(37)30-10-15-3-2-4-19(27)24(15)28/h2-5,8-9,17,20,35H,6-7,10-13,29H2,1H3,(H,30,37)(H,31,39). The summed E-state index contributed by atoms with van der Waals surface area (Å²) in [4.78, 5) is 51.7. The van der Waals surface area contributed by atoms with E-state index in [0.29, 0.717) is 16.6 Å². The number of fused-ring (bicyclic) bond motifs is 1. The molecule has 1 heterocycles. The van der Waals surface area contributed by atoms with E-state index in [2.05, 4.69) is 15.7 Å². The van der Waals surface area contributed by atoms with Gasteiger partial charge in [-0.3, -0.25) is 23.9 Å². The molecule has 13 heteroatoms. The van der Waals surface area contributed by atoms with Gasteiger partial charge in [-0.25, -0.2) is 4.39 Å². The summed E-state index contributed by atoms with van der Waals surface area (Å²) in [5.74, 6) is -2.37. The van der Waals surface area contributed by atoms with Crippen LogP contribution in [-0.2, 0) is 27.5 Å². The Bertz CT molecular complexity index is 1440. The first kappa shape index (κ1) is 28.1. The molecule has 1 fully saturated rings. The van der Waals surface area contributed by atoms with Crippen LogP contribution in [0.25, 0.3) is 10.9 Å². The zero-order chi connectivity index (χ0) is 28.3. The Morgan fingerprint density at radius 1 is 1.26 bits per heavy atom. The van der Waals surface area contributed by atoms with E-state index in [1.54, 1.807) is 24.3 Å². The summed E-state index contributed by atoms with van der Waals surface area (Å²) < 4.78 is 15.5. The highest BCUT2D eigenvalue weighted by Crippen LogP contribution is 2.28. The van der Waals surface area contributed by atoms with Gasteiger partial charge in [0.15, 0.2) is 5.78 Å². The van der Waals surface area contributed by atoms with Crippen molar-refractivity contribution >= 4 is 51.7 Å². The number of rotatable bonds is 11. The monoisotopic (exact) mass is 558 g/mol. The summed E-state index contributed by atoms with van der Waals surface area (Å²) in [6.45, 7) is 0.291. The van der Waals surface area contributed by atoms with Crippen molar-refractivity contribution in [2.75, 3.05) is 18.5 Å². The number of aliphatic hydroxyl groups excluding tert-OH is 1. The third-order valence-electron chi connectivity index (χ3n) is 6.30. The third kappa shape index (κ3) is 6.59. The average Bonchev–Trinajstić information content (AvgIpc) is 3.69. The second kappa shape index (κ2) is 11.9. The molecule has 1 atom stereocenters. The number of nitrogens with two attached hydrogens (primary N) is 1. The Hall–Kier alpha value is -3.87. The SMILES string of the molecule is CC(=O)c1nn(CC(=O)N(CC(=O)NCc2cccc(Cl)c2F)C2CC2)c2ccc(NC(=O)C(N)CO)cc12. The Labute approximate surface area is 228 Å². The number of nitrogens with zero attached hydrogens (tertiary/aromatic N) is 3. The molecule has 3 amide bonds. The topological polar surface area (TPSA) is 160 Å². The molecule has 0 aliphatic heterocycles. The van der Waals surface area contributed by atoms with Gasteiger partial charge in [0.25, 0.3) is 0 Å². The molecule has 1 aliphatic carbocycles. The van der Waals surface area contributed by atoms with Crippen LogP contribution in [0.2, 0.25) is 5.02 Å². The van der Waals surface area contributed by atoms with Gasteiger partial charge in [0.05, 0.1) is 23.7 Å². The van der Waals surface area contributed by atoms with Crippen LogP contribution in [0.5, 0.6) is 0 Å². The lowest BCUT2D eigenvalue weighted by atomic mass is 10.1. The zero-order valence-corrected chi connectivity index (χ0v) is 21.9. The van der Waals surface area contributed by atoms with Gasteiger partial charge in [-0.15, -0.1) is 0 Å². The number of benzene rings is 2. The fraction of sp³-hybridized carbons (Fsp3) is 0.346. The molecule has 0 spiro atoms. The van der Waals surface area contributed by atoms with E-state index in [-0.39, 0.29) is 53.6 Å². The van der Waals surface area contributed by atoms with E-state index in [0.717, 1.165) is 12.8 Å². The van der Waals surface area contributed by atoms with Crippen LogP contribution >= 0.6 is 11.6 Å². The van der Waals surface area contributed by atoms with Gasteiger partial charge < -0.3 is 26.4 Å². The normalized spacial score (nSPS) is 13.7. The molecule has 1 saturated carbocycles. The molecule has 39 heavy (non-hydrogen) atoms. The van der Waals surface area contributed by atoms with E-state index >= 15 is 0 Å². The Morgan fingerprint density at radius 2 is 2.00 bits per heavy atom. The summed E-state index contributed by atoms with van der Waals surface area (Å²) in [5, 5.41) is 19.0. The van der Waals surface area contributed by atoms with Crippen LogP contribution in [0.15, 0.2) is 36.4 Å². The molecule has 2 aromatic carbocycles. The number of Topliss-reactive ketones (excluding diaryl/α,β-unsaturated/α-hetero) is 1. The molecule has 0 saturated heterocycles. The van der Waals surface area contributed by atoms with E-state index in [9.17, 15) is 23.6 Å². The lowest BCUT2D eigenvalue weighted by Crippen LogP contribution is -2.43. The zero-order valence-electron chi connectivity index (χ0n) is 21.1. The fourth-order valence-electron chi connectivity index (χ4n) is 4.07. The van der Waals surface area contributed by atoms with Gasteiger partial charge in [-0.2, -0.15) is 5.10 Å². The predicted octanol–water partition coefficient (Wildman–Crippen LogP) is 1.60. The van der Waals surface area contributed by atoms with Gasteiger partial charge in [-0.1, -0.05) is 23.7 Å². The summed E-state index contributed by atoms with van der Waals surface area (Å²) in [6, 6.07) is 8.02. The number of anilines is 1. The number of aliphatic hydroxyl groups is 1. The number of halogens is 2. The third-order valence-corrected chi connectivity index (χ3v) is 6.59. The van der Waals surface area contributed by atoms with E-state index < -0.39 is 30.3 Å². The van der Waals surface area contributed by atoms with E-state index in [4.69, 9.17) is 22.4 Å². The molecule has 3 aromatic rings. The quantitative estimate of drug-likeness (QED) is 0.260. The van der Waals surface area contributed by atoms with E-state index in [1.807, 2.05) is 0 Å². The first-order valence-electron chi connectivity index (χ1n) is 12.3. The second-order valence-electron chi connectivity index (χ2n) is 9.32. The molecule has 1 unspecified atom stereocenters. The maximum absolute atomic E-state index is 14.1. The van der Waals surface area contributed by atoms with Crippen molar-refractivity contribution in [3.63, 3.8) is 0 Å². The second-order valence-corrected chi connectivity index (χ2v) is 9.72. The molecule has 1 aromatic heterocycles. The van der Waals surface area contributed by atoms with E-state index in [1.165, 1.54) is 28.6 Å². The number of hydrogen-bond acceptors (Lipinski definition) is 7. The summed E-state index contributed by atoms with van der Waals surface area (Å²) in [5.41, 5.74) is 6.71. The number of hydrogen-bond donors (Lipinski definition) is 4. The van der Waals surface area contributed by atoms with Crippen molar-refractivity contribution in [2.45, 2.75) is 44.9 Å². The van der Waals surface area contributed by atoms with Crippen molar-refractivity contribution in [2.24, 2.45) is 5.73 Å². The van der Waals surface area contributed by atoms with Crippen molar-refractivity contribution in [1.82, 2.24) is 20.0 Å². The molecule has 5 N–H and O–H groups in total. The summed E-state index contributed by atoms with van der Waals surface area (Å²) >= 11 is 5.79. The predicted molar refractivity (Wildman–Crippen MR) is 141 cm³/mol. The van der Waals surface area contributed by atoms with Crippen molar-refractivity contribution < 1.29 is 28.7 Å². The number of carbonyl (C=O) groups excluding carboxylic acids is 4. The van der Waals surface area contributed by atoms with Crippen molar-refractivity contribution in [3.05, 3.63) is 58.5 Å². The lowest BCUT2D eigenvalue weighted by Gasteiger charge is -2.22. The molecule has 206 valence electrons. The van der Waals surface area contributed by atoms with Gasteiger partial charge in [0.2, 0.25) is 17.7 Å². The maximum atomic E-state index is 14.1. The number of nitrogens with one attached hydrogen (secondary N) is 2. The van der Waals surface area contributed by atoms with Crippen LogP contribution in [0.4, 0.5) is 10.1 Å². The van der Waals surface area contributed by atoms with Crippen molar-refractivity contribution in [3.8, 4) is 0 Å². The minimum atomic E-state index is -1.11.